The first-order valence-electron chi connectivity index (χ1n) is 8.46. The van der Waals surface area contributed by atoms with E-state index in [0.29, 0.717) is 18.9 Å². The van der Waals surface area contributed by atoms with Crippen molar-refractivity contribution in [3.05, 3.63) is 51.9 Å². The Morgan fingerprint density at radius 2 is 1.80 bits per heavy atom. The zero-order valence-electron chi connectivity index (χ0n) is 14.5. The van der Waals surface area contributed by atoms with Crippen LogP contribution in [0.2, 0.25) is 0 Å². The second-order valence-corrected chi connectivity index (χ2v) is 9.10. The lowest BCUT2D eigenvalue weighted by molar-refractivity contribution is 0.287. The summed E-state index contributed by atoms with van der Waals surface area (Å²) >= 11 is 0. The van der Waals surface area contributed by atoms with E-state index >= 15 is 0 Å². The zero-order valence-corrected chi connectivity index (χ0v) is 15.3. The monoisotopic (exact) mass is 361 g/mol. The molecule has 2 heterocycles. The van der Waals surface area contributed by atoms with E-state index in [4.69, 9.17) is 0 Å². The highest BCUT2D eigenvalue weighted by atomic mass is 32.2. The van der Waals surface area contributed by atoms with E-state index in [9.17, 15) is 13.2 Å². The van der Waals surface area contributed by atoms with Crippen LogP contribution in [0.4, 0.5) is 0 Å². The van der Waals surface area contributed by atoms with Crippen LogP contribution >= 0.6 is 0 Å². The van der Waals surface area contributed by atoms with Gasteiger partial charge in [0.1, 0.15) is 5.82 Å². The van der Waals surface area contributed by atoms with Gasteiger partial charge < -0.3 is 4.98 Å². The molecule has 2 aromatic rings. The minimum Gasteiger partial charge on any atom is -0.307 e. The van der Waals surface area contributed by atoms with Crippen LogP contribution in [0.5, 0.6) is 0 Å². The Morgan fingerprint density at radius 1 is 1.16 bits per heavy atom. The van der Waals surface area contributed by atoms with E-state index in [0.717, 1.165) is 23.4 Å². The van der Waals surface area contributed by atoms with Crippen molar-refractivity contribution in [1.82, 2.24) is 14.9 Å². The number of rotatable bonds is 4. The van der Waals surface area contributed by atoms with Gasteiger partial charge in [-0.05, 0) is 11.5 Å². The molecule has 0 amide bonds. The van der Waals surface area contributed by atoms with Gasteiger partial charge >= 0.3 is 0 Å². The van der Waals surface area contributed by atoms with E-state index in [1.807, 2.05) is 38.1 Å². The lowest BCUT2D eigenvalue weighted by atomic mass is 10.1. The average molecular weight is 361 g/mol. The minimum absolute atomic E-state index is 0.146. The standard InChI is InChI=1S/C18H23N3O3S/c1-13(2)16-11-17(22)20-18(19-16)15-5-3-14(4-6-15)12-21-7-9-25(23,24)10-8-21/h3-6,11,13H,7-10,12H2,1-2H3,(H,19,20,22). The Balaban J connectivity index is 1.74. The highest BCUT2D eigenvalue weighted by molar-refractivity contribution is 7.91. The molecule has 0 bridgehead atoms. The molecule has 25 heavy (non-hydrogen) atoms. The van der Waals surface area contributed by atoms with Gasteiger partial charge in [-0.2, -0.15) is 0 Å². The van der Waals surface area contributed by atoms with Gasteiger partial charge in [0.05, 0.1) is 17.2 Å². The van der Waals surface area contributed by atoms with Crippen LogP contribution in [-0.2, 0) is 16.4 Å². The normalized spacial score (nSPS) is 17.7. The molecule has 3 rings (SSSR count). The van der Waals surface area contributed by atoms with Crippen LogP contribution in [0.25, 0.3) is 11.4 Å². The van der Waals surface area contributed by atoms with Gasteiger partial charge in [-0.1, -0.05) is 38.1 Å². The third-order valence-electron chi connectivity index (χ3n) is 4.42. The number of benzene rings is 1. The molecular weight excluding hydrogens is 338 g/mol. The molecule has 7 heteroatoms. The maximum absolute atomic E-state index is 11.8. The summed E-state index contributed by atoms with van der Waals surface area (Å²) in [4.78, 5) is 21.3. The van der Waals surface area contributed by atoms with E-state index in [2.05, 4.69) is 14.9 Å². The van der Waals surface area contributed by atoms with Crippen LogP contribution < -0.4 is 5.56 Å². The van der Waals surface area contributed by atoms with Crippen molar-refractivity contribution in [2.45, 2.75) is 26.3 Å². The van der Waals surface area contributed by atoms with Crippen LogP contribution in [0, 0.1) is 0 Å². The summed E-state index contributed by atoms with van der Waals surface area (Å²) in [6.45, 7) is 5.90. The van der Waals surface area contributed by atoms with Gasteiger partial charge in [0, 0.05) is 31.3 Å². The van der Waals surface area contributed by atoms with Crippen molar-refractivity contribution >= 4 is 9.84 Å². The van der Waals surface area contributed by atoms with Gasteiger partial charge in [0.25, 0.3) is 5.56 Å². The van der Waals surface area contributed by atoms with Crippen molar-refractivity contribution in [3.63, 3.8) is 0 Å². The summed E-state index contributed by atoms with van der Waals surface area (Å²) < 4.78 is 23.0. The molecule has 1 aliphatic heterocycles. The molecule has 0 unspecified atom stereocenters. The fourth-order valence-corrected chi connectivity index (χ4v) is 4.12. The summed E-state index contributed by atoms with van der Waals surface area (Å²) in [5.74, 6) is 1.23. The molecular formula is C18H23N3O3S. The summed E-state index contributed by atoms with van der Waals surface area (Å²) in [6.07, 6.45) is 0. The number of nitrogens with zero attached hydrogens (tertiary/aromatic N) is 2. The second kappa shape index (κ2) is 7.09. The van der Waals surface area contributed by atoms with Crippen molar-refractivity contribution in [2.75, 3.05) is 24.6 Å². The SMILES string of the molecule is CC(C)c1cc(=O)[nH]c(-c2ccc(CN3CCS(=O)(=O)CC3)cc2)n1. The maximum Gasteiger partial charge on any atom is 0.251 e. The molecule has 6 nitrogen and oxygen atoms in total. The fourth-order valence-electron chi connectivity index (χ4n) is 2.84. The Bertz CT molecular complexity index is 888. The third-order valence-corrected chi connectivity index (χ3v) is 6.03. The van der Waals surface area contributed by atoms with Crippen LogP contribution in [0.15, 0.2) is 35.1 Å². The highest BCUT2D eigenvalue weighted by Crippen LogP contribution is 2.18. The lowest BCUT2D eigenvalue weighted by Gasteiger charge is -2.26. The number of aromatic amines is 1. The first-order chi connectivity index (χ1) is 11.8. The largest absolute Gasteiger partial charge is 0.307 e. The van der Waals surface area contributed by atoms with Crippen LogP contribution in [0.1, 0.15) is 31.0 Å². The molecule has 1 aromatic carbocycles. The van der Waals surface area contributed by atoms with E-state index in [1.165, 1.54) is 6.07 Å². The third kappa shape index (κ3) is 4.55. The van der Waals surface area contributed by atoms with Crippen molar-refractivity contribution < 1.29 is 8.42 Å². The predicted molar refractivity (Wildman–Crippen MR) is 98.3 cm³/mol. The van der Waals surface area contributed by atoms with Gasteiger partial charge in [0.15, 0.2) is 9.84 Å². The fraction of sp³-hybridized carbons (Fsp3) is 0.444. The Labute approximate surface area is 147 Å². The molecule has 0 aliphatic carbocycles. The first-order valence-corrected chi connectivity index (χ1v) is 10.3. The number of nitrogens with one attached hydrogen (secondary N) is 1. The Kier molecular flexibility index (Phi) is 5.06. The van der Waals surface area contributed by atoms with Crippen LogP contribution in [0.3, 0.4) is 0 Å². The Hall–Kier alpha value is -1.99. The zero-order chi connectivity index (χ0) is 18.0. The molecule has 0 saturated carbocycles. The lowest BCUT2D eigenvalue weighted by Crippen LogP contribution is -2.39. The average Bonchev–Trinajstić information content (AvgIpc) is 2.57. The molecule has 0 radical (unpaired) electrons. The molecule has 0 atom stereocenters. The van der Waals surface area contributed by atoms with Gasteiger partial charge in [0.2, 0.25) is 0 Å². The van der Waals surface area contributed by atoms with Crippen molar-refractivity contribution in [3.8, 4) is 11.4 Å². The number of aromatic nitrogens is 2. The number of hydrogen-bond donors (Lipinski definition) is 1. The topological polar surface area (TPSA) is 83.1 Å². The molecule has 1 saturated heterocycles. The maximum atomic E-state index is 11.8. The molecule has 1 aliphatic rings. The molecule has 1 fully saturated rings. The summed E-state index contributed by atoms with van der Waals surface area (Å²) in [7, 11) is -2.85. The second-order valence-electron chi connectivity index (χ2n) is 6.80. The first kappa shape index (κ1) is 17.8. The van der Waals surface area contributed by atoms with Crippen LogP contribution in [-0.4, -0.2) is 47.9 Å². The molecule has 134 valence electrons. The van der Waals surface area contributed by atoms with Gasteiger partial charge in [-0.25, -0.2) is 13.4 Å². The van der Waals surface area contributed by atoms with Crippen molar-refractivity contribution in [1.29, 1.82) is 0 Å². The van der Waals surface area contributed by atoms with E-state index in [-0.39, 0.29) is 23.0 Å². The molecule has 1 N–H and O–H groups in total. The number of sulfone groups is 1. The van der Waals surface area contributed by atoms with E-state index in [1.54, 1.807) is 0 Å². The predicted octanol–water partition coefficient (Wildman–Crippen LogP) is 1.79. The van der Waals surface area contributed by atoms with Gasteiger partial charge in [-0.3, -0.25) is 9.69 Å². The van der Waals surface area contributed by atoms with Crippen molar-refractivity contribution in [2.24, 2.45) is 0 Å². The summed E-state index contributed by atoms with van der Waals surface area (Å²) in [6, 6.07) is 9.42. The highest BCUT2D eigenvalue weighted by Gasteiger charge is 2.21. The number of hydrogen-bond acceptors (Lipinski definition) is 5. The quantitative estimate of drug-likeness (QED) is 0.898. The summed E-state index contributed by atoms with van der Waals surface area (Å²) in [5.41, 5.74) is 2.61. The van der Waals surface area contributed by atoms with Gasteiger partial charge in [-0.15, -0.1) is 0 Å². The number of H-pyrrole nitrogens is 1. The minimum atomic E-state index is -2.85. The molecule has 0 spiro atoms. The summed E-state index contributed by atoms with van der Waals surface area (Å²) in [5, 5.41) is 0. The Morgan fingerprint density at radius 3 is 2.40 bits per heavy atom. The smallest absolute Gasteiger partial charge is 0.251 e. The molecule has 1 aromatic heterocycles. The van der Waals surface area contributed by atoms with E-state index < -0.39 is 9.84 Å².